The van der Waals surface area contributed by atoms with Crippen LogP contribution in [0.3, 0.4) is 0 Å². The second-order valence-electron chi connectivity index (χ2n) is 1.97. The molecule has 0 saturated carbocycles. The summed E-state index contributed by atoms with van der Waals surface area (Å²) in [5, 5.41) is 0. The van der Waals surface area contributed by atoms with Crippen LogP contribution in [0.2, 0.25) is 8.26 Å². The van der Waals surface area contributed by atoms with Crippen LogP contribution >= 0.6 is 8.51 Å². The SMILES string of the molecule is [Cl][Bi]1[CH2]CCC[CH2]1. The Morgan fingerprint density at radius 2 is 1.57 bits per heavy atom. The van der Waals surface area contributed by atoms with Crippen molar-refractivity contribution in [3.8, 4) is 0 Å². The van der Waals surface area contributed by atoms with E-state index < -0.39 is 20.6 Å². The van der Waals surface area contributed by atoms with E-state index in [2.05, 4.69) is 0 Å². The molecule has 1 heterocycles. The second-order valence-corrected chi connectivity index (χ2v) is 13.2. The summed E-state index contributed by atoms with van der Waals surface area (Å²) in [5.41, 5.74) is 0. The number of hydrogen-bond acceptors (Lipinski definition) is 0. The summed E-state index contributed by atoms with van der Waals surface area (Å²) in [4.78, 5) is 0. The molecule has 0 atom stereocenters. The van der Waals surface area contributed by atoms with Crippen molar-refractivity contribution in [2.45, 2.75) is 27.5 Å². The average Bonchev–Trinajstić information content (AvgIpc) is 1.69. The predicted octanol–water partition coefficient (Wildman–Crippen LogP) is 2.40. The molecule has 0 aliphatic carbocycles. The Hall–Kier alpha value is 1.17. The zero-order valence-electron chi connectivity index (χ0n) is 4.36. The molecule has 1 rings (SSSR count). The quantitative estimate of drug-likeness (QED) is 0.602. The number of halogens is 1. The van der Waals surface area contributed by atoms with Gasteiger partial charge in [0.1, 0.15) is 0 Å². The first kappa shape index (κ1) is 6.30. The van der Waals surface area contributed by atoms with E-state index in [1.54, 1.807) is 0 Å². The fraction of sp³-hybridized carbons (Fsp3) is 1.00. The Balaban J connectivity index is 2.12. The van der Waals surface area contributed by atoms with E-state index >= 15 is 0 Å². The van der Waals surface area contributed by atoms with Crippen LogP contribution in [0.5, 0.6) is 0 Å². The van der Waals surface area contributed by atoms with E-state index in [-0.39, 0.29) is 0 Å². The number of rotatable bonds is 0. The van der Waals surface area contributed by atoms with Crippen LogP contribution in [0.4, 0.5) is 0 Å². The Bertz CT molecular complexity index is 50.0. The molecule has 0 unspecified atom stereocenters. The van der Waals surface area contributed by atoms with Crippen molar-refractivity contribution in [2.75, 3.05) is 0 Å². The molecule has 1 fully saturated rings. The minimum absolute atomic E-state index is 1.15. The van der Waals surface area contributed by atoms with Crippen LogP contribution in [-0.4, -0.2) is 20.6 Å². The number of hydrogen-bond donors (Lipinski definition) is 0. The maximum atomic E-state index is 6.02. The van der Waals surface area contributed by atoms with Crippen molar-refractivity contribution >= 4 is 29.1 Å². The van der Waals surface area contributed by atoms with Gasteiger partial charge in [0.15, 0.2) is 0 Å². The summed E-state index contributed by atoms with van der Waals surface area (Å²) in [7, 11) is 6.02. The topological polar surface area (TPSA) is 0 Å². The van der Waals surface area contributed by atoms with Gasteiger partial charge in [0, 0.05) is 0 Å². The molecule has 1 aliphatic rings. The zero-order valence-corrected chi connectivity index (χ0v) is 8.59. The van der Waals surface area contributed by atoms with Crippen LogP contribution in [-0.2, 0) is 0 Å². The summed E-state index contributed by atoms with van der Waals surface area (Å²) in [6, 6.07) is 0. The van der Waals surface area contributed by atoms with Crippen LogP contribution in [0.15, 0.2) is 0 Å². The Morgan fingerprint density at radius 3 is 1.86 bits per heavy atom. The second kappa shape index (κ2) is 3.25. The standard InChI is InChI=1S/C5H10.Bi.ClH/c1-3-5-4-2;;/h1-5H2;;1H/q;+1;/p-1. The molecule has 0 N–H and O–H groups in total. The van der Waals surface area contributed by atoms with Crippen LogP contribution in [0, 0.1) is 0 Å². The van der Waals surface area contributed by atoms with Gasteiger partial charge in [-0.1, -0.05) is 0 Å². The first-order valence-corrected chi connectivity index (χ1v) is 12.0. The summed E-state index contributed by atoms with van der Waals surface area (Å²) in [5.74, 6) is 0. The van der Waals surface area contributed by atoms with Crippen molar-refractivity contribution in [3.63, 3.8) is 0 Å². The van der Waals surface area contributed by atoms with Gasteiger partial charge in [-0.2, -0.15) is 0 Å². The molecule has 2 heteroatoms. The van der Waals surface area contributed by atoms with E-state index in [9.17, 15) is 0 Å². The molecule has 0 spiro atoms. The van der Waals surface area contributed by atoms with Gasteiger partial charge in [0.25, 0.3) is 0 Å². The van der Waals surface area contributed by atoms with E-state index in [1.807, 2.05) is 0 Å². The van der Waals surface area contributed by atoms with Gasteiger partial charge in [-0.3, -0.25) is 0 Å². The zero-order chi connectivity index (χ0) is 5.11. The van der Waals surface area contributed by atoms with Crippen molar-refractivity contribution < 1.29 is 0 Å². The van der Waals surface area contributed by atoms with E-state index in [0.717, 1.165) is 0 Å². The normalized spacial score (nSPS) is 25.3. The fourth-order valence-corrected chi connectivity index (χ4v) is 8.23. The molecular weight excluding hydrogens is 304 g/mol. The molecule has 0 aromatic heterocycles. The Morgan fingerprint density at radius 1 is 1.00 bits per heavy atom. The van der Waals surface area contributed by atoms with Gasteiger partial charge in [0.05, 0.1) is 0 Å². The molecule has 1 aliphatic heterocycles. The Kier molecular flexibility index (Phi) is 2.92. The van der Waals surface area contributed by atoms with E-state index in [4.69, 9.17) is 8.51 Å². The molecule has 0 radical (unpaired) electrons. The maximum absolute atomic E-state index is 6.02. The minimum atomic E-state index is -1.15. The van der Waals surface area contributed by atoms with E-state index in [0.29, 0.717) is 0 Å². The molecule has 0 bridgehead atoms. The molecular formula is C5H10BiCl. The van der Waals surface area contributed by atoms with Crippen molar-refractivity contribution in [2.24, 2.45) is 0 Å². The van der Waals surface area contributed by atoms with Crippen LogP contribution in [0.25, 0.3) is 0 Å². The molecule has 1 saturated heterocycles. The molecule has 0 nitrogen and oxygen atoms in total. The third kappa shape index (κ3) is 2.28. The molecule has 42 valence electrons. The average molecular weight is 315 g/mol. The molecule has 7 heavy (non-hydrogen) atoms. The molecule has 0 aromatic carbocycles. The van der Waals surface area contributed by atoms with E-state index in [1.165, 1.54) is 27.5 Å². The third-order valence-corrected chi connectivity index (χ3v) is 10.5. The van der Waals surface area contributed by atoms with Crippen molar-refractivity contribution in [3.05, 3.63) is 0 Å². The Labute approximate surface area is 56.5 Å². The summed E-state index contributed by atoms with van der Waals surface area (Å²) >= 11 is -1.15. The predicted molar refractivity (Wildman–Crippen MR) is 35.1 cm³/mol. The van der Waals surface area contributed by atoms with Gasteiger partial charge in [-0.25, -0.2) is 0 Å². The first-order chi connectivity index (χ1) is 3.39. The summed E-state index contributed by atoms with van der Waals surface area (Å²) in [6.45, 7) is 0. The van der Waals surface area contributed by atoms with Crippen LogP contribution in [0.1, 0.15) is 19.3 Å². The van der Waals surface area contributed by atoms with Gasteiger partial charge >= 0.3 is 56.6 Å². The van der Waals surface area contributed by atoms with Crippen molar-refractivity contribution in [1.82, 2.24) is 0 Å². The molecule has 0 aromatic rings. The molecule has 0 amide bonds. The fourth-order valence-electron chi connectivity index (χ4n) is 0.855. The summed E-state index contributed by atoms with van der Waals surface area (Å²) < 4.78 is 2.91. The van der Waals surface area contributed by atoms with Gasteiger partial charge in [-0.15, -0.1) is 0 Å². The van der Waals surface area contributed by atoms with Crippen LogP contribution < -0.4 is 0 Å². The van der Waals surface area contributed by atoms with Gasteiger partial charge in [0.2, 0.25) is 0 Å². The van der Waals surface area contributed by atoms with Gasteiger partial charge < -0.3 is 0 Å². The summed E-state index contributed by atoms with van der Waals surface area (Å²) in [6.07, 6.45) is 4.35. The third-order valence-electron chi connectivity index (χ3n) is 1.30. The van der Waals surface area contributed by atoms with Gasteiger partial charge in [-0.05, 0) is 0 Å². The monoisotopic (exact) mass is 314 g/mol. The van der Waals surface area contributed by atoms with Crippen molar-refractivity contribution in [1.29, 1.82) is 0 Å². The first-order valence-electron chi connectivity index (χ1n) is 2.80.